The second-order valence-corrected chi connectivity index (χ2v) is 8.82. The van der Waals surface area contributed by atoms with Gasteiger partial charge in [-0.25, -0.2) is 9.67 Å². The van der Waals surface area contributed by atoms with Gasteiger partial charge in [-0.1, -0.05) is 41.6 Å². The number of methoxy groups -OCH3 is 1. The van der Waals surface area contributed by atoms with Crippen LogP contribution in [0.5, 0.6) is 5.75 Å². The van der Waals surface area contributed by atoms with Gasteiger partial charge in [0.15, 0.2) is 6.61 Å². The second-order valence-electron chi connectivity index (χ2n) is 8.82. The highest BCUT2D eigenvalue weighted by Crippen LogP contribution is 2.27. The maximum absolute atomic E-state index is 12.7. The molecule has 198 valence electrons. The van der Waals surface area contributed by atoms with Crippen molar-refractivity contribution in [3.05, 3.63) is 108 Å². The van der Waals surface area contributed by atoms with E-state index in [2.05, 4.69) is 31.7 Å². The van der Waals surface area contributed by atoms with Crippen molar-refractivity contribution < 1.29 is 14.3 Å². The largest absolute Gasteiger partial charge is 0.484 e. The molecule has 5 rings (SSSR count). The molecule has 0 aliphatic heterocycles. The van der Waals surface area contributed by atoms with E-state index in [1.165, 1.54) is 0 Å². The van der Waals surface area contributed by atoms with Crippen LogP contribution in [0.25, 0.3) is 22.5 Å². The number of carbonyl (C=O) groups excluding carboxylic acids is 1. The predicted octanol–water partition coefficient (Wildman–Crippen LogP) is 4.49. The van der Waals surface area contributed by atoms with Gasteiger partial charge in [0.2, 0.25) is 0 Å². The summed E-state index contributed by atoms with van der Waals surface area (Å²) in [5.74, 6) is 0.545. The first kappa shape index (κ1) is 26.2. The average molecular weight is 532 g/mol. The van der Waals surface area contributed by atoms with E-state index in [0.29, 0.717) is 47.2 Å². The molecular formula is C30H25N7O3. The number of nitriles is 1. The number of amides is 1. The minimum absolute atomic E-state index is 0.180. The molecule has 0 spiro atoms. The third-order valence-electron chi connectivity index (χ3n) is 5.81. The summed E-state index contributed by atoms with van der Waals surface area (Å²) in [6.45, 7) is 0.668. The highest BCUT2D eigenvalue weighted by Gasteiger charge is 2.13. The molecule has 0 fully saturated rings. The summed E-state index contributed by atoms with van der Waals surface area (Å²) in [5.41, 5.74) is 4.72. The topological polar surface area (TPSA) is 128 Å². The molecule has 0 atom stereocenters. The van der Waals surface area contributed by atoms with Gasteiger partial charge in [-0.05, 0) is 48.5 Å². The van der Waals surface area contributed by atoms with Gasteiger partial charge < -0.3 is 14.8 Å². The standard InChI is InChI=1S/C30H25N7O3/c1-39-19-25-10-6-9-24(32-25)17-37-18-28(35-36-37)23-14-27(22-8-5-7-21(13-22)16-31)33-29(15-23)34-30(38)20-40-26-11-3-2-4-12-26/h2-15,18H,17,19-20H2,1H3,(H,33,34,38). The molecule has 1 amide bonds. The van der Waals surface area contributed by atoms with Crippen LogP contribution >= 0.6 is 0 Å². The molecule has 2 aromatic carbocycles. The molecule has 10 heteroatoms. The molecule has 0 saturated heterocycles. The van der Waals surface area contributed by atoms with E-state index in [1.54, 1.807) is 54.4 Å². The van der Waals surface area contributed by atoms with Crippen LogP contribution in [-0.4, -0.2) is 44.6 Å². The zero-order chi connectivity index (χ0) is 27.7. The van der Waals surface area contributed by atoms with Gasteiger partial charge in [-0.15, -0.1) is 5.10 Å². The molecule has 0 aliphatic rings. The fraction of sp³-hybridized carbons (Fsp3) is 0.133. The van der Waals surface area contributed by atoms with Crippen LogP contribution in [0.4, 0.5) is 5.82 Å². The lowest BCUT2D eigenvalue weighted by Crippen LogP contribution is -2.21. The summed E-state index contributed by atoms with van der Waals surface area (Å²) in [4.78, 5) is 21.9. The lowest BCUT2D eigenvalue weighted by Gasteiger charge is -2.10. The van der Waals surface area contributed by atoms with Crippen molar-refractivity contribution in [3.63, 3.8) is 0 Å². The predicted molar refractivity (Wildman–Crippen MR) is 148 cm³/mol. The molecule has 5 aromatic rings. The van der Waals surface area contributed by atoms with Crippen molar-refractivity contribution in [1.29, 1.82) is 5.26 Å². The normalized spacial score (nSPS) is 10.6. The van der Waals surface area contributed by atoms with Crippen LogP contribution in [0.15, 0.2) is 91.1 Å². The number of nitrogens with zero attached hydrogens (tertiary/aromatic N) is 6. The van der Waals surface area contributed by atoms with Gasteiger partial charge >= 0.3 is 0 Å². The van der Waals surface area contributed by atoms with Crippen molar-refractivity contribution in [2.24, 2.45) is 0 Å². The Morgan fingerprint density at radius 1 is 0.925 bits per heavy atom. The minimum Gasteiger partial charge on any atom is -0.484 e. The van der Waals surface area contributed by atoms with Crippen molar-refractivity contribution in [2.75, 3.05) is 19.0 Å². The van der Waals surface area contributed by atoms with E-state index in [1.807, 2.05) is 48.5 Å². The van der Waals surface area contributed by atoms with Crippen LogP contribution < -0.4 is 10.1 Å². The monoisotopic (exact) mass is 531 g/mol. The Balaban J connectivity index is 1.41. The number of benzene rings is 2. The molecule has 3 heterocycles. The number of rotatable bonds is 10. The van der Waals surface area contributed by atoms with Crippen molar-refractivity contribution in [1.82, 2.24) is 25.0 Å². The number of hydrogen-bond donors (Lipinski definition) is 1. The molecule has 0 bridgehead atoms. The molecule has 40 heavy (non-hydrogen) atoms. The minimum atomic E-state index is -0.365. The Kier molecular flexibility index (Phi) is 8.15. The first-order valence-corrected chi connectivity index (χ1v) is 12.4. The number of aromatic nitrogens is 5. The lowest BCUT2D eigenvalue weighted by atomic mass is 10.1. The molecule has 0 radical (unpaired) electrons. The van der Waals surface area contributed by atoms with Gasteiger partial charge in [0.1, 0.15) is 17.3 Å². The van der Waals surface area contributed by atoms with E-state index in [0.717, 1.165) is 17.0 Å². The maximum Gasteiger partial charge on any atom is 0.263 e. The quantitative estimate of drug-likeness (QED) is 0.279. The molecule has 0 saturated carbocycles. The summed E-state index contributed by atoms with van der Waals surface area (Å²) < 4.78 is 12.4. The van der Waals surface area contributed by atoms with E-state index in [9.17, 15) is 10.1 Å². The first-order valence-electron chi connectivity index (χ1n) is 12.4. The van der Waals surface area contributed by atoms with Gasteiger partial charge in [0.25, 0.3) is 5.91 Å². The third-order valence-corrected chi connectivity index (χ3v) is 5.81. The van der Waals surface area contributed by atoms with Crippen LogP contribution in [0.2, 0.25) is 0 Å². The number of ether oxygens (including phenoxy) is 2. The SMILES string of the molecule is COCc1cccc(Cn2cc(-c3cc(NC(=O)COc4ccccc4)nc(-c4cccc(C#N)c4)c3)nn2)n1. The summed E-state index contributed by atoms with van der Waals surface area (Å²) in [5, 5.41) is 20.8. The van der Waals surface area contributed by atoms with Gasteiger partial charge in [0.05, 0.1) is 48.1 Å². The third kappa shape index (κ3) is 6.72. The Morgan fingerprint density at radius 3 is 2.58 bits per heavy atom. The fourth-order valence-corrected chi connectivity index (χ4v) is 4.00. The number of anilines is 1. The van der Waals surface area contributed by atoms with Crippen molar-refractivity contribution in [3.8, 4) is 34.3 Å². The van der Waals surface area contributed by atoms with E-state index < -0.39 is 0 Å². The van der Waals surface area contributed by atoms with Gasteiger partial charge in [-0.2, -0.15) is 5.26 Å². The molecular weight excluding hydrogens is 506 g/mol. The number of hydrogen-bond acceptors (Lipinski definition) is 8. The fourth-order valence-electron chi connectivity index (χ4n) is 4.00. The lowest BCUT2D eigenvalue weighted by molar-refractivity contribution is -0.118. The Hall–Kier alpha value is -5.40. The first-order chi connectivity index (χ1) is 19.6. The molecule has 0 aliphatic carbocycles. The van der Waals surface area contributed by atoms with Gasteiger partial charge in [-0.3, -0.25) is 9.78 Å². The van der Waals surface area contributed by atoms with E-state index >= 15 is 0 Å². The van der Waals surface area contributed by atoms with E-state index in [-0.39, 0.29) is 12.5 Å². The van der Waals surface area contributed by atoms with Crippen molar-refractivity contribution >= 4 is 11.7 Å². The smallest absolute Gasteiger partial charge is 0.263 e. The number of nitrogens with one attached hydrogen (secondary N) is 1. The Bertz CT molecular complexity index is 1660. The molecule has 10 nitrogen and oxygen atoms in total. The molecule has 1 N–H and O–H groups in total. The summed E-state index contributed by atoms with van der Waals surface area (Å²) >= 11 is 0. The second kappa shape index (κ2) is 12.4. The van der Waals surface area contributed by atoms with Crippen LogP contribution in [0, 0.1) is 11.3 Å². The molecule has 0 unspecified atom stereocenters. The van der Waals surface area contributed by atoms with Crippen molar-refractivity contribution in [2.45, 2.75) is 13.2 Å². The van der Waals surface area contributed by atoms with Gasteiger partial charge in [0, 0.05) is 18.2 Å². The summed E-state index contributed by atoms with van der Waals surface area (Å²) in [7, 11) is 1.63. The summed E-state index contributed by atoms with van der Waals surface area (Å²) in [6, 6.07) is 27.7. The number of carbonyl (C=O) groups is 1. The zero-order valence-electron chi connectivity index (χ0n) is 21.7. The number of pyridine rings is 2. The highest BCUT2D eigenvalue weighted by atomic mass is 16.5. The van der Waals surface area contributed by atoms with Crippen LogP contribution in [-0.2, 0) is 22.7 Å². The Morgan fingerprint density at radius 2 is 1.75 bits per heavy atom. The zero-order valence-corrected chi connectivity index (χ0v) is 21.7. The highest BCUT2D eigenvalue weighted by molar-refractivity contribution is 5.92. The average Bonchev–Trinajstić information content (AvgIpc) is 3.45. The number of para-hydroxylation sites is 1. The maximum atomic E-state index is 12.7. The molecule has 3 aromatic heterocycles. The summed E-state index contributed by atoms with van der Waals surface area (Å²) in [6.07, 6.45) is 1.81. The van der Waals surface area contributed by atoms with E-state index in [4.69, 9.17) is 9.47 Å². The Labute approximate surface area is 230 Å². The van der Waals surface area contributed by atoms with Crippen LogP contribution in [0.1, 0.15) is 17.0 Å². The van der Waals surface area contributed by atoms with Crippen LogP contribution in [0.3, 0.4) is 0 Å².